The Bertz CT molecular complexity index is 557. The van der Waals surface area contributed by atoms with E-state index in [1.807, 2.05) is 37.5 Å². The number of aromatic nitrogens is 1. The van der Waals surface area contributed by atoms with Crippen LogP contribution in [-0.4, -0.2) is 31.1 Å². The summed E-state index contributed by atoms with van der Waals surface area (Å²) in [6.45, 7) is 2.51. The fraction of sp³-hybridized carbons (Fsp3) is 0.353. The molecule has 21 heavy (non-hydrogen) atoms. The van der Waals surface area contributed by atoms with Gasteiger partial charge in [-0.05, 0) is 43.9 Å². The number of ether oxygens (including phenoxy) is 1. The average Bonchev–Trinajstić information content (AvgIpc) is 2.49. The van der Waals surface area contributed by atoms with Crippen LogP contribution in [-0.2, 0) is 19.6 Å². The quantitative estimate of drug-likeness (QED) is 0.848. The summed E-state index contributed by atoms with van der Waals surface area (Å²) in [5, 5.41) is 3.18. The number of rotatable bonds is 7. The Balaban J connectivity index is 2.08. The van der Waals surface area contributed by atoms with Gasteiger partial charge in [0.2, 0.25) is 0 Å². The summed E-state index contributed by atoms with van der Waals surface area (Å²) in [5.74, 6) is 0.933. The van der Waals surface area contributed by atoms with Gasteiger partial charge in [-0.1, -0.05) is 12.1 Å². The van der Waals surface area contributed by atoms with E-state index in [2.05, 4.69) is 34.4 Å². The van der Waals surface area contributed by atoms with Crippen molar-refractivity contribution in [2.45, 2.75) is 19.6 Å². The molecular weight excluding hydrogens is 262 g/mol. The standard InChI is InChI=1S/C17H23N3O/c1-18-11-14-7-8-17(21-3)15(10-14)12-20(2)13-16-6-4-5-9-19-16/h4-10,18H,11-13H2,1-3H3. The zero-order valence-corrected chi connectivity index (χ0v) is 13.0. The van der Waals surface area contributed by atoms with Gasteiger partial charge in [0.1, 0.15) is 5.75 Å². The van der Waals surface area contributed by atoms with Crippen LogP contribution in [0.4, 0.5) is 0 Å². The normalized spacial score (nSPS) is 10.9. The van der Waals surface area contributed by atoms with Crippen molar-refractivity contribution in [2.75, 3.05) is 21.2 Å². The van der Waals surface area contributed by atoms with Gasteiger partial charge in [0.15, 0.2) is 0 Å². The predicted molar refractivity (Wildman–Crippen MR) is 85.2 cm³/mol. The summed E-state index contributed by atoms with van der Waals surface area (Å²) in [7, 11) is 5.77. The van der Waals surface area contributed by atoms with Gasteiger partial charge in [-0.2, -0.15) is 0 Å². The van der Waals surface area contributed by atoms with Gasteiger partial charge in [-0.25, -0.2) is 0 Å². The Hall–Kier alpha value is -1.91. The maximum atomic E-state index is 5.47. The lowest BCUT2D eigenvalue weighted by Crippen LogP contribution is -2.18. The van der Waals surface area contributed by atoms with Crippen molar-refractivity contribution in [2.24, 2.45) is 0 Å². The van der Waals surface area contributed by atoms with Crippen LogP contribution in [0.5, 0.6) is 5.75 Å². The molecule has 0 spiro atoms. The van der Waals surface area contributed by atoms with Gasteiger partial charge in [-0.3, -0.25) is 9.88 Å². The Morgan fingerprint density at radius 1 is 1.19 bits per heavy atom. The lowest BCUT2D eigenvalue weighted by molar-refractivity contribution is 0.306. The minimum atomic E-state index is 0.820. The first-order chi connectivity index (χ1) is 10.2. The van der Waals surface area contributed by atoms with E-state index in [-0.39, 0.29) is 0 Å². The van der Waals surface area contributed by atoms with Gasteiger partial charge < -0.3 is 10.1 Å². The molecule has 0 aliphatic carbocycles. The minimum Gasteiger partial charge on any atom is -0.496 e. The van der Waals surface area contributed by atoms with E-state index in [0.29, 0.717) is 0 Å². The largest absolute Gasteiger partial charge is 0.496 e. The maximum absolute atomic E-state index is 5.47. The number of hydrogen-bond acceptors (Lipinski definition) is 4. The second kappa shape index (κ2) is 7.76. The highest BCUT2D eigenvalue weighted by atomic mass is 16.5. The number of hydrogen-bond donors (Lipinski definition) is 1. The zero-order valence-electron chi connectivity index (χ0n) is 13.0. The summed E-state index contributed by atoms with van der Waals surface area (Å²) in [6, 6.07) is 12.3. The SMILES string of the molecule is CNCc1ccc(OC)c(CN(C)Cc2ccccn2)c1. The summed E-state index contributed by atoms with van der Waals surface area (Å²) < 4.78 is 5.47. The predicted octanol–water partition coefficient (Wildman–Crippen LogP) is 2.44. The molecule has 0 aliphatic rings. The second-order valence-electron chi connectivity index (χ2n) is 5.17. The van der Waals surface area contributed by atoms with E-state index in [4.69, 9.17) is 4.74 Å². The van der Waals surface area contributed by atoms with Crippen LogP contribution in [0.2, 0.25) is 0 Å². The minimum absolute atomic E-state index is 0.820. The molecule has 1 aromatic heterocycles. The van der Waals surface area contributed by atoms with E-state index < -0.39 is 0 Å². The highest BCUT2D eigenvalue weighted by Crippen LogP contribution is 2.21. The summed E-state index contributed by atoms with van der Waals surface area (Å²) in [6.07, 6.45) is 1.83. The van der Waals surface area contributed by atoms with Crippen molar-refractivity contribution in [3.8, 4) is 5.75 Å². The molecular formula is C17H23N3O. The molecule has 112 valence electrons. The number of pyridine rings is 1. The Morgan fingerprint density at radius 2 is 2.05 bits per heavy atom. The number of nitrogens with one attached hydrogen (secondary N) is 1. The molecule has 0 saturated carbocycles. The third kappa shape index (κ3) is 4.55. The molecule has 2 aromatic rings. The number of nitrogens with zero attached hydrogens (tertiary/aromatic N) is 2. The first kappa shape index (κ1) is 15.5. The van der Waals surface area contributed by atoms with Crippen molar-refractivity contribution < 1.29 is 4.74 Å². The van der Waals surface area contributed by atoms with Crippen LogP contribution in [0.25, 0.3) is 0 Å². The summed E-state index contributed by atoms with van der Waals surface area (Å²) in [4.78, 5) is 6.61. The molecule has 0 radical (unpaired) electrons. The fourth-order valence-corrected chi connectivity index (χ4v) is 2.38. The Morgan fingerprint density at radius 3 is 2.71 bits per heavy atom. The number of methoxy groups -OCH3 is 1. The highest BCUT2D eigenvalue weighted by Gasteiger charge is 2.08. The molecule has 2 rings (SSSR count). The number of benzene rings is 1. The van der Waals surface area contributed by atoms with Crippen LogP contribution in [0.15, 0.2) is 42.6 Å². The second-order valence-corrected chi connectivity index (χ2v) is 5.17. The summed E-state index contributed by atoms with van der Waals surface area (Å²) >= 11 is 0. The monoisotopic (exact) mass is 285 g/mol. The molecule has 0 fully saturated rings. The lowest BCUT2D eigenvalue weighted by Gasteiger charge is -2.19. The van der Waals surface area contributed by atoms with Gasteiger partial charge in [0.05, 0.1) is 12.8 Å². The summed E-state index contributed by atoms with van der Waals surface area (Å²) in [5.41, 5.74) is 3.54. The first-order valence-corrected chi connectivity index (χ1v) is 7.11. The molecule has 0 atom stereocenters. The molecule has 1 N–H and O–H groups in total. The Kier molecular flexibility index (Phi) is 5.72. The third-order valence-corrected chi connectivity index (χ3v) is 3.32. The van der Waals surface area contributed by atoms with Crippen molar-refractivity contribution >= 4 is 0 Å². The van der Waals surface area contributed by atoms with E-state index in [1.54, 1.807) is 7.11 Å². The van der Waals surface area contributed by atoms with Crippen molar-refractivity contribution in [1.29, 1.82) is 0 Å². The molecule has 0 aliphatic heterocycles. The van der Waals surface area contributed by atoms with Crippen LogP contribution < -0.4 is 10.1 Å². The third-order valence-electron chi connectivity index (χ3n) is 3.32. The maximum Gasteiger partial charge on any atom is 0.123 e. The van der Waals surface area contributed by atoms with E-state index >= 15 is 0 Å². The molecule has 4 nitrogen and oxygen atoms in total. The lowest BCUT2D eigenvalue weighted by atomic mass is 10.1. The fourth-order valence-electron chi connectivity index (χ4n) is 2.38. The van der Waals surface area contributed by atoms with Crippen molar-refractivity contribution in [3.05, 3.63) is 59.4 Å². The van der Waals surface area contributed by atoms with Crippen LogP contribution in [0.1, 0.15) is 16.8 Å². The molecule has 1 heterocycles. The van der Waals surface area contributed by atoms with Crippen LogP contribution >= 0.6 is 0 Å². The van der Waals surface area contributed by atoms with Crippen LogP contribution in [0, 0.1) is 0 Å². The van der Waals surface area contributed by atoms with Gasteiger partial charge >= 0.3 is 0 Å². The molecule has 1 aromatic carbocycles. The van der Waals surface area contributed by atoms with E-state index in [1.165, 1.54) is 11.1 Å². The molecule has 0 unspecified atom stereocenters. The van der Waals surface area contributed by atoms with Gasteiger partial charge in [0, 0.05) is 31.4 Å². The van der Waals surface area contributed by atoms with E-state index in [9.17, 15) is 0 Å². The molecule has 0 amide bonds. The molecule has 4 heteroatoms. The smallest absolute Gasteiger partial charge is 0.123 e. The van der Waals surface area contributed by atoms with Gasteiger partial charge in [0.25, 0.3) is 0 Å². The first-order valence-electron chi connectivity index (χ1n) is 7.11. The van der Waals surface area contributed by atoms with E-state index in [0.717, 1.165) is 31.1 Å². The van der Waals surface area contributed by atoms with Crippen molar-refractivity contribution in [3.63, 3.8) is 0 Å². The van der Waals surface area contributed by atoms with Crippen molar-refractivity contribution in [1.82, 2.24) is 15.2 Å². The Labute approximate surface area is 126 Å². The topological polar surface area (TPSA) is 37.4 Å². The van der Waals surface area contributed by atoms with Crippen LogP contribution in [0.3, 0.4) is 0 Å². The molecule has 0 saturated heterocycles. The highest BCUT2D eigenvalue weighted by molar-refractivity contribution is 5.37. The van der Waals surface area contributed by atoms with Gasteiger partial charge in [-0.15, -0.1) is 0 Å². The molecule has 0 bridgehead atoms. The average molecular weight is 285 g/mol. The zero-order chi connectivity index (χ0) is 15.1.